The van der Waals surface area contributed by atoms with E-state index in [1.165, 1.54) is 0 Å². The van der Waals surface area contributed by atoms with Crippen LogP contribution in [0.25, 0.3) is 0 Å². The maximum absolute atomic E-state index is 11.3. The van der Waals surface area contributed by atoms with Gasteiger partial charge >= 0.3 is 11.7 Å². The minimum Gasteiger partial charge on any atom is -0.464 e. The second-order valence-corrected chi connectivity index (χ2v) is 6.19. The predicted octanol–water partition coefficient (Wildman–Crippen LogP) is 2.99. The molecule has 24 heavy (non-hydrogen) atoms. The average Bonchev–Trinajstić information content (AvgIpc) is 2.96. The van der Waals surface area contributed by atoms with Crippen LogP contribution < -0.4 is 4.90 Å². The van der Waals surface area contributed by atoms with Crippen molar-refractivity contribution in [3.05, 3.63) is 21.6 Å². The Morgan fingerprint density at radius 1 is 1.54 bits per heavy atom. The van der Waals surface area contributed by atoms with E-state index in [9.17, 15) is 14.9 Å². The first-order valence-electron chi connectivity index (χ1n) is 8.03. The number of hydrogen-bond donors (Lipinski definition) is 0. The van der Waals surface area contributed by atoms with Gasteiger partial charge in [0.15, 0.2) is 0 Å². The van der Waals surface area contributed by atoms with Crippen LogP contribution in [-0.4, -0.2) is 40.1 Å². The van der Waals surface area contributed by atoms with E-state index in [0.29, 0.717) is 18.9 Å². The Hall–Kier alpha value is -1.96. The molecule has 0 saturated heterocycles. The summed E-state index contributed by atoms with van der Waals surface area (Å²) < 4.78 is 5.14. The van der Waals surface area contributed by atoms with Gasteiger partial charge in [-0.25, -0.2) is 4.98 Å². The number of hydrogen-bond acceptors (Lipinski definition) is 7. The summed E-state index contributed by atoms with van der Waals surface area (Å²) in [7, 11) is 0. The minimum atomic E-state index is -0.518. The van der Waals surface area contributed by atoms with Crippen LogP contribution in [0.1, 0.15) is 39.5 Å². The largest absolute Gasteiger partial charge is 0.464 e. The maximum atomic E-state index is 11.3. The first-order chi connectivity index (χ1) is 11.4. The third-order valence-electron chi connectivity index (χ3n) is 4.29. The average molecular weight is 357 g/mol. The SMILES string of the molecule is CCC(=O)OCCN(c1nc(Cl)ncc1[N+](=O)[O-])C1CCCC1C. The summed E-state index contributed by atoms with van der Waals surface area (Å²) in [6, 6.07) is 0.0926. The molecule has 1 aromatic rings. The number of carbonyl (C=O) groups is 1. The van der Waals surface area contributed by atoms with Gasteiger partial charge in [-0.2, -0.15) is 4.98 Å². The number of rotatable bonds is 7. The van der Waals surface area contributed by atoms with Gasteiger partial charge in [0.05, 0.1) is 11.5 Å². The van der Waals surface area contributed by atoms with Crippen molar-refractivity contribution in [2.24, 2.45) is 5.92 Å². The van der Waals surface area contributed by atoms with Crippen molar-refractivity contribution in [1.82, 2.24) is 9.97 Å². The van der Waals surface area contributed by atoms with Gasteiger partial charge in [0.1, 0.15) is 12.8 Å². The summed E-state index contributed by atoms with van der Waals surface area (Å²) in [4.78, 5) is 31.8. The highest BCUT2D eigenvalue weighted by Gasteiger charge is 2.34. The van der Waals surface area contributed by atoms with Crippen LogP contribution in [0.15, 0.2) is 6.20 Å². The molecule has 8 nitrogen and oxygen atoms in total. The van der Waals surface area contributed by atoms with Crippen molar-refractivity contribution in [2.45, 2.75) is 45.6 Å². The van der Waals surface area contributed by atoms with Crippen LogP contribution in [0.3, 0.4) is 0 Å². The molecule has 0 amide bonds. The molecule has 0 bridgehead atoms. The summed E-state index contributed by atoms with van der Waals surface area (Å²) in [5.74, 6) is 0.246. The molecule has 0 aromatic carbocycles. The van der Waals surface area contributed by atoms with Crippen molar-refractivity contribution in [1.29, 1.82) is 0 Å². The standard InChI is InChI=1S/C15H21ClN4O4/c1-3-13(21)24-8-7-19(11-6-4-5-10(11)2)14-12(20(22)23)9-17-15(16)18-14/h9-11H,3-8H2,1-2H3. The van der Waals surface area contributed by atoms with Crippen LogP contribution in [0, 0.1) is 16.0 Å². The second-order valence-electron chi connectivity index (χ2n) is 5.85. The molecule has 2 atom stereocenters. The van der Waals surface area contributed by atoms with Gasteiger partial charge in [0.2, 0.25) is 11.1 Å². The molecule has 0 radical (unpaired) electrons. The summed E-state index contributed by atoms with van der Waals surface area (Å²) in [5.41, 5.74) is -0.194. The molecule has 0 aliphatic heterocycles. The monoisotopic (exact) mass is 356 g/mol. The fraction of sp³-hybridized carbons (Fsp3) is 0.667. The van der Waals surface area contributed by atoms with Crippen LogP contribution in [0.5, 0.6) is 0 Å². The van der Waals surface area contributed by atoms with Gasteiger partial charge < -0.3 is 9.64 Å². The van der Waals surface area contributed by atoms with Crippen molar-refractivity contribution in [2.75, 3.05) is 18.1 Å². The van der Waals surface area contributed by atoms with Crippen molar-refractivity contribution < 1.29 is 14.5 Å². The Bertz CT molecular complexity index is 613. The number of aromatic nitrogens is 2. The molecule has 1 aromatic heterocycles. The molecule has 132 valence electrons. The normalized spacial score (nSPS) is 20.0. The topological polar surface area (TPSA) is 98.5 Å². The number of ether oxygens (including phenoxy) is 1. The summed E-state index contributed by atoms with van der Waals surface area (Å²) in [5, 5.41) is 11.3. The lowest BCUT2D eigenvalue weighted by molar-refractivity contribution is -0.384. The fourth-order valence-electron chi connectivity index (χ4n) is 3.06. The first-order valence-corrected chi connectivity index (χ1v) is 8.41. The van der Waals surface area contributed by atoms with Crippen LogP contribution in [0.2, 0.25) is 5.28 Å². The van der Waals surface area contributed by atoms with E-state index in [4.69, 9.17) is 16.3 Å². The van der Waals surface area contributed by atoms with E-state index in [1.807, 2.05) is 4.90 Å². The Labute approximate surface area is 145 Å². The first kappa shape index (κ1) is 18.4. The molecule has 1 aliphatic carbocycles. The van der Waals surface area contributed by atoms with Gasteiger partial charge in [-0.15, -0.1) is 0 Å². The Kier molecular flexibility index (Phi) is 6.30. The van der Waals surface area contributed by atoms with E-state index >= 15 is 0 Å². The Morgan fingerprint density at radius 2 is 2.29 bits per heavy atom. The molecule has 1 fully saturated rings. The summed E-state index contributed by atoms with van der Waals surface area (Å²) in [6.07, 6.45) is 4.41. The molecule has 2 rings (SSSR count). The van der Waals surface area contributed by atoms with Crippen LogP contribution >= 0.6 is 11.6 Å². The highest BCUT2D eigenvalue weighted by Crippen LogP contribution is 2.35. The number of esters is 1. The molecule has 1 aliphatic rings. The molecule has 1 saturated carbocycles. The summed E-state index contributed by atoms with van der Waals surface area (Å²) >= 11 is 5.86. The number of carbonyl (C=O) groups excluding carboxylic acids is 1. The van der Waals surface area contributed by atoms with Gasteiger partial charge in [0.25, 0.3) is 0 Å². The van der Waals surface area contributed by atoms with Gasteiger partial charge in [-0.05, 0) is 30.4 Å². The highest BCUT2D eigenvalue weighted by atomic mass is 35.5. The highest BCUT2D eigenvalue weighted by molar-refractivity contribution is 6.28. The van der Waals surface area contributed by atoms with Crippen molar-refractivity contribution in [3.63, 3.8) is 0 Å². The van der Waals surface area contributed by atoms with Crippen LogP contribution in [-0.2, 0) is 9.53 Å². The molecular weight excluding hydrogens is 336 g/mol. The fourth-order valence-corrected chi connectivity index (χ4v) is 3.19. The molecule has 0 N–H and O–H groups in total. The lowest BCUT2D eigenvalue weighted by Crippen LogP contribution is -2.40. The van der Waals surface area contributed by atoms with E-state index < -0.39 is 4.92 Å². The predicted molar refractivity (Wildman–Crippen MR) is 89.1 cm³/mol. The number of anilines is 1. The van der Waals surface area contributed by atoms with E-state index in [-0.39, 0.29) is 35.4 Å². The van der Waals surface area contributed by atoms with Gasteiger partial charge in [-0.1, -0.05) is 20.3 Å². The zero-order valence-electron chi connectivity index (χ0n) is 13.8. The van der Waals surface area contributed by atoms with Gasteiger partial charge in [0, 0.05) is 12.5 Å². The van der Waals surface area contributed by atoms with Crippen molar-refractivity contribution in [3.8, 4) is 0 Å². The number of nitro groups is 1. The summed E-state index contributed by atoms with van der Waals surface area (Å²) in [6.45, 7) is 4.30. The van der Waals surface area contributed by atoms with Crippen molar-refractivity contribution >= 4 is 29.1 Å². The lowest BCUT2D eigenvalue weighted by Gasteiger charge is -2.32. The molecular formula is C15H21ClN4O4. The Morgan fingerprint density at radius 3 is 2.88 bits per heavy atom. The quantitative estimate of drug-likeness (QED) is 0.320. The number of halogens is 1. The number of nitrogens with zero attached hydrogens (tertiary/aromatic N) is 4. The molecule has 0 spiro atoms. The Balaban J connectivity index is 2.29. The third kappa shape index (κ3) is 4.31. The molecule has 9 heteroatoms. The van der Waals surface area contributed by atoms with Gasteiger partial charge in [-0.3, -0.25) is 14.9 Å². The lowest BCUT2D eigenvalue weighted by atomic mass is 10.0. The van der Waals surface area contributed by atoms with E-state index in [1.54, 1.807) is 6.92 Å². The van der Waals surface area contributed by atoms with E-state index in [2.05, 4.69) is 16.9 Å². The second kappa shape index (κ2) is 8.23. The maximum Gasteiger partial charge on any atom is 0.329 e. The molecule has 2 unspecified atom stereocenters. The third-order valence-corrected chi connectivity index (χ3v) is 4.47. The minimum absolute atomic E-state index is 0.0446. The van der Waals surface area contributed by atoms with Crippen LogP contribution in [0.4, 0.5) is 11.5 Å². The van der Waals surface area contributed by atoms with E-state index in [0.717, 1.165) is 25.5 Å². The molecule has 1 heterocycles. The zero-order chi connectivity index (χ0) is 17.7. The zero-order valence-corrected chi connectivity index (χ0v) is 14.5. The smallest absolute Gasteiger partial charge is 0.329 e.